The summed E-state index contributed by atoms with van der Waals surface area (Å²) in [5, 5.41) is 1.60. The Kier molecular flexibility index (Phi) is 7.32. The van der Waals surface area contributed by atoms with Crippen LogP contribution in [0, 0.1) is 17.8 Å². The maximum absolute atomic E-state index is 13.8. The molecule has 0 bridgehead atoms. The van der Waals surface area contributed by atoms with E-state index in [-0.39, 0.29) is 12.5 Å². The number of methoxy groups -OCH3 is 1. The number of hydrogen-bond donors (Lipinski definition) is 1. The molecule has 1 aromatic rings. The van der Waals surface area contributed by atoms with Crippen molar-refractivity contribution in [2.45, 2.75) is 50.4 Å². The van der Waals surface area contributed by atoms with Crippen LogP contribution in [0.2, 0.25) is 0 Å². The van der Waals surface area contributed by atoms with Crippen molar-refractivity contribution >= 4 is 12.1 Å². The van der Waals surface area contributed by atoms with Gasteiger partial charge in [-0.2, -0.15) is 13.2 Å². The van der Waals surface area contributed by atoms with Crippen LogP contribution in [0.5, 0.6) is 0 Å². The molecule has 5 nitrogen and oxygen atoms in total. The van der Waals surface area contributed by atoms with E-state index >= 15 is 0 Å². The minimum Gasteiger partial charge on any atom is -0.466 e. The van der Waals surface area contributed by atoms with Crippen molar-refractivity contribution in [1.29, 1.82) is 0 Å². The lowest BCUT2D eigenvalue weighted by molar-refractivity contribution is -0.197. The molecule has 1 N–H and O–H groups in total. The number of amides is 1. The van der Waals surface area contributed by atoms with E-state index in [2.05, 4.69) is 10.7 Å². The Balaban J connectivity index is 2.22. The van der Waals surface area contributed by atoms with Crippen LogP contribution in [-0.4, -0.2) is 30.9 Å². The smallest absolute Gasteiger partial charge is 0.434 e. The van der Waals surface area contributed by atoms with Crippen LogP contribution in [0.25, 0.3) is 0 Å². The lowest BCUT2D eigenvalue weighted by atomic mass is 9.88. The summed E-state index contributed by atoms with van der Waals surface area (Å²) < 4.78 is 50.6. The largest absolute Gasteiger partial charge is 0.466 e. The maximum atomic E-state index is 13.8. The predicted molar refractivity (Wildman–Crippen MR) is 94.9 cm³/mol. The van der Waals surface area contributed by atoms with Gasteiger partial charge in [0.1, 0.15) is 6.61 Å². The van der Waals surface area contributed by atoms with Crippen molar-refractivity contribution in [3.63, 3.8) is 0 Å². The highest BCUT2D eigenvalue weighted by atomic mass is 19.4. The summed E-state index contributed by atoms with van der Waals surface area (Å²) in [6.45, 7) is -0.252. The number of esters is 1. The minimum absolute atomic E-state index is 0.252. The molecule has 1 unspecified atom stereocenters. The molecule has 1 saturated carbocycles. The molecule has 0 radical (unpaired) electrons. The van der Waals surface area contributed by atoms with Gasteiger partial charge in [-0.15, -0.1) is 0 Å². The normalized spacial score (nSPS) is 16.9. The van der Waals surface area contributed by atoms with E-state index in [9.17, 15) is 22.8 Å². The molecule has 0 aromatic heterocycles. The molecule has 0 heterocycles. The molecule has 1 aliphatic carbocycles. The lowest BCUT2D eigenvalue weighted by Gasteiger charge is -2.29. The van der Waals surface area contributed by atoms with Gasteiger partial charge < -0.3 is 9.47 Å². The molecule has 1 amide bonds. The number of carbonyl (C=O) groups excluding carboxylic acids is 2. The minimum atomic E-state index is -5.19. The molecule has 8 heteroatoms. The lowest BCUT2D eigenvalue weighted by Crippen LogP contribution is -2.63. The SMILES string of the molecule is COC(=O)C(C#CC1CCCCC1)(NC(=O)OCc1ccccc1)C(F)(F)F. The number of halogens is 3. The van der Waals surface area contributed by atoms with Gasteiger partial charge >= 0.3 is 18.2 Å². The Hall–Kier alpha value is -2.69. The third-order valence-corrected chi connectivity index (χ3v) is 4.49. The molecule has 1 fully saturated rings. The van der Waals surface area contributed by atoms with Crippen LogP contribution in [0.3, 0.4) is 0 Å². The van der Waals surface area contributed by atoms with Gasteiger partial charge in [0, 0.05) is 5.92 Å². The van der Waals surface area contributed by atoms with E-state index in [0.717, 1.165) is 26.4 Å². The van der Waals surface area contributed by atoms with E-state index in [1.165, 1.54) is 0 Å². The standard InChI is InChI=1S/C20H22F3NO4/c1-27-17(25)19(20(21,22)23,13-12-15-8-4-2-5-9-15)24-18(26)28-14-16-10-6-3-7-11-16/h3,6-7,10-11,15H,2,4-5,8-9,14H2,1H3,(H,24,26). The van der Waals surface area contributed by atoms with Gasteiger partial charge in [0.25, 0.3) is 5.54 Å². The zero-order valence-corrected chi connectivity index (χ0v) is 15.5. The first-order valence-electron chi connectivity index (χ1n) is 8.95. The fourth-order valence-corrected chi connectivity index (χ4v) is 2.91. The molecule has 0 spiro atoms. The quantitative estimate of drug-likeness (QED) is 0.617. The molecule has 28 heavy (non-hydrogen) atoms. The fraction of sp³-hybridized carbons (Fsp3) is 0.500. The van der Waals surface area contributed by atoms with Crippen LogP contribution in [0.1, 0.15) is 37.7 Å². The van der Waals surface area contributed by atoms with Crippen molar-refractivity contribution < 1.29 is 32.2 Å². The Morgan fingerprint density at radius 3 is 2.36 bits per heavy atom. The van der Waals surface area contributed by atoms with E-state index in [1.54, 1.807) is 35.6 Å². The molecule has 152 valence electrons. The number of nitrogens with one attached hydrogen (secondary N) is 1. The fourth-order valence-electron chi connectivity index (χ4n) is 2.91. The second-order valence-electron chi connectivity index (χ2n) is 6.53. The summed E-state index contributed by atoms with van der Waals surface area (Å²) in [6.07, 6.45) is -2.56. The average molecular weight is 397 g/mol. The molecule has 2 rings (SSSR count). The monoisotopic (exact) mass is 397 g/mol. The topological polar surface area (TPSA) is 64.6 Å². The maximum Gasteiger partial charge on any atom is 0.434 e. The Labute approximate surface area is 161 Å². The highest BCUT2D eigenvalue weighted by Gasteiger charge is 2.62. The van der Waals surface area contributed by atoms with Crippen molar-refractivity contribution in [3.05, 3.63) is 35.9 Å². The van der Waals surface area contributed by atoms with Crippen LogP contribution in [-0.2, 0) is 20.9 Å². The Morgan fingerprint density at radius 1 is 1.14 bits per heavy atom. The summed E-state index contributed by atoms with van der Waals surface area (Å²) in [6, 6.07) is 8.43. The number of ether oxygens (including phenoxy) is 2. The first kappa shape index (κ1) is 21.6. The zero-order valence-electron chi connectivity index (χ0n) is 15.5. The second-order valence-corrected chi connectivity index (χ2v) is 6.53. The number of carbonyl (C=O) groups is 2. The molecular formula is C20H22F3NO4. The highest BCUT2D eigenvalue weighted by molar-refractivity contribution is 5.90. The van der Waals surface area contributed by atoms with Gasteiger partial charge in [-0.1, -0.05) is 61.4 Å². The molecule has 0 aliphatic heterocycles. The first-order valence-corrected chi connectivity index (χ1v) is 8.95. The van der Waals surface area contributed by atoms with Gasteiger partial charge in [-0.3, -0.25) is 5.32 Å². The Bertz CT molecular complexity index is 733. The molecule has 1 aromatic carbocycles. The molecular weight excluding hydrogens is 375 g/mol. The van der Waals surface area contributed by atoms with Gasteiger partial charge in [0.15, 0.2) is 0 Å². The van der Waals surface area contributed by atoms with Crippen LogP contribution in [0.15, 0.2) is 30.3 Å². The van der Waals surface area contributed by atoms with Gasteiger partial charge in [0.05, 0.1) is 7.11 Å². The summed E-state index contributed by atoms with van der Waals surface area (Å²) in [5.41, 5.74) is -2.89. The zero-order chi connectivity index (χ0) is 20.6. The summed E-state index contributed by atoms with van der Waals surface area (Å²) in [4.78, 5) is 24.1. The first-order chi connectivity index (χ1) is 13.3. The van der Waals surface area contributed by atoms with E-state index in [1.807, 2.05) is 5.92 Å². The molecule has 1 atom stereocenters. The number of benzene rings is 1. The second kappa shape index (κ2) is 9.49. The number of rotatable bonds is 4. The number of alkyl carbamates (subject to hydrolysis) is 1. The van der Waals surface area contributed by atoms with Gasteiger partial charge in [-0.25, -0.2) is 9.59 Å². The number of alkyl halides is 3. The van der Waals surface area contributed by atoms with Gasteiger partial charge in [-0.05, 0) is 18.4 Å². The average Bonchev–Trinajstić information content (AvgIpc) is 2.69. The van der Waals surface area contributed by atoms with Crippen molar-refractivity contribution in [1.82, 2.24) is 5.32 Å². The molecule has 0 saturated heterocycles. The van der Waals surface area contributed by atoms with Crippen LogP contribution < -0.4 is 5.32 Å². The van der Waals surface area contributed by atoms with Crippen molar-refractivity contribution in [2.75, 3.05) is 7.11 Å². The van der Waals surface area contributed by atoms with Crippen molar-refractivity contribution in [2.24, 2.45) is 5.92 Å². The van der Waals surface area contributed by atoms with E-state index in [4.69, 9.17) is 4.74 Å². The van der Waals surface area contributed by atoms with E-state index < -0.39 is 23.8 Å². The van der Waals surface area contributed by atoms with Crippen LogP contribution >= 0.6 is 0 Å². The number of hydrogen-bond acceptors (Lipinski definition) is 4. The molecule has 1 aliphatic rings. The third-order valence-electron chi connectivity index (χ3n) is 4.49. The Morgan fingerprint density at radius 2 is 1.79 bits per heavy atom. The van der Waals surface area contributed by atoms with Crippen LogP contribution in [0.4, 0.5) is 18.0 Å². The highest BCUT2D eigenvalue weighted by Crippen LogP contribution is 2.32. The third kappa shape index (κ3) is 5.41. The van der Waals surface area contributed by atoms with Crippen molar-refractivity contribution in [3.8, 4) is 11.8 Å². The van der Waals surface area contributed by atoms with E-state index in [0.29, 0.717) is 18.4 Å². The summed E-state index contributed by atoms with van der Waals surface area (Å²) in [7, 11) is 0.808. The summed E-state index contributed by atoms with van der Waals surface area (Å²) >= 11 is 0. The predicted octanol–water partition coefficient (Wildman–Crippen LogP) is 3.97. The summed E-state index contributed by atoms with van der Waals surface area (Å²) in [5.74, 6) is 2.51. The van der Waals surface area contributed by atoms with Gasteiger partial charge in [0.2, 0.25) is 0 Å².